The first-order valence-electron chi connectivity index (χ1n) is 7.92. The van der Waals surface area contributed by atoms with E-state index in [-0.39, 0.29) is 11.3 Å². The number of nitrogens with zero attached hydrogens (tertiary/aromatic N) is 1. The van der Waals surface area contributed by atoms with Gasteiger partial charge in [-0.3, -0.25) is 4.79 Å². The van der Waals surface area contributed by atoms with Crippen molar-refractivity contribution < 1.29 is 4.79 Å². The van der Waals surface area contributed by atoms with Crippen molar-refractivity contribution in [1.82, 2.24) is 10.2 Å². The van der Waals surface area contributed by atoms with Gasteiger partial charge in [-0.05, 0) is 29.0 Å². The van der Waals surface area contributed by atoms with Crippen molar-refractivity contribution in [2.24, 2.45) is 5.92 Å². The molecule has 1 atom stereocenters. The number of hydrogen-bond donors (Lipinski definition) is 1. The first-order valence-corrected chi connectivity index (χ1v) is 7.92. The van der Waals surface area contributed by atoms with Gasteiger partial charge in [0.2, 0.25) is 0 Å². The summed E-state index contributed by atoms with van der Waals surface area (Å²) in [6.45, 7) is 13.4. The first kappa shape index (κ1) is 16.0. The standard InChI is InChI=1S/C18H28N2O/c1-13(2)16-12-20(11-10-19-16)17(21)14-6-8-15(9-7-14)18(3,4)5/h6-9,13,16,19H,10-12H2,1-5H3. The zero-order valence-electron chi connectivity index (χ0n) is 13.9. The fourth-order valence-electron chi connectivity index (χ4n) is 2.70. The Morgan fingerprint density at radius 1 is 1.24 bits per heavy atom. The van der Waals surface area contributed by atoms with Gasteiger partial charge in [0.1, 0.15) is 0 Å². The molecule has 1 unspecified atom stereocenters. The number of rotatable bonds is 2. The van der Waals surface area contributed by atoms with Crippen LogP contribution in [0.15, 0.2) is 24.3 Å². The van der Waals surface area contributed by atoms with Gasteiger partial charge in [0.05, 0.1) is 0 Å². The first-order chi connectivity index (χ1) is 9.79. The predicted octanol–water partition coefficient (Wildman–Crippen LogP) is 3.05. The monoisotopic (exact) mass is 288 g/mol. The van der Waals surface area contributed by atoms with E-state index in [0.717, 1.165) is 25.2 Å². The summed E-state index contributed by atoms with van der Waals surface area (Å²) in [7, 11) is 0. The van der Waals surface area contributed by atoms with Crippen LogP contribution in [-0.2, 0) is 5.41 Å². The minimum Gasteiger partial charge on any atom is -0.336 e. The average molecular weight is 288 g/mol. The highest BCUT2D eigenvalue weighted by Gasteiger charge is 2.26. The molecule has 3 heteroatoms. The molecule has 1 amide bonds. The molecule has 1 aliphatic heterocycles. The van der Waals surface area contributed by atoms with Crippen LogP contribution in [0.25, 0.3) is 0 Å². The van der Waals surface area contributed by atoms with E-state index in [1.54, 1.807) is 0 Å². The summed E-state index contributed by atoms with van der Waals surface area (Å²) < 4.78 is 0. The summed E-state index contributed by atoms with van der Waals surface area (Å²) in [6.07, 6.45) is 0. The van der Waals surface area contributed by atoms with E-state index in [0.29, 0.717) is 12.0 Å². The zero-order chi connectivity index (χ0) is 15.6. The van der Waals surface area contributed by atoms with Crippen molar-refractivity contribution in [2.75, 3.05) is 19.6 Å². The topological polar surface area (TPSA) is 32.3 Å². The van der Waals surface area contributed by atoms with Crippen LogP contribution in [0.1, 0.15) is 50.5 Å². The van der Waals surface area contributed by atoms with Gasteiger partial charge in [0.15, 0.2) is 0 Å². The van der Waals surface area contributed by atoms with Crippen molar-refractivity contribution in [1.29, 1.82) is 0 Å². The van der Waals surface area contributed by atoms with E-state index < -0.39 is 0 Å². The van der Waals surface area contributed by atoms with E-state index >= 15 is 0 Å². The van der Waals surface area contributed by atoms with Crippen molar-refractivity contribution in [3.05, 3.63) is 35.4 Å². The van der Waals surface area contributed by atoms with E-state index in [1.807, 2.05) is 17.0 Å². The smallest absolute Gasteiger partial charge is 0.253 e. The Hall–Kier alpha value is -1.35. The third-order valence-electron chi connectivity index (χ3n) is 4.30. The number of amides is 1. The lowest BCUT2D eigenvalue weighted by molar-refractivity contribution is 0.0684. The van der Waals surface area contributed by atoms with Crippen LogP contribution in [0, 0.1) is 5.92 Å². The lowest BCUT2D eigenvalue weighted by Crippen LogP contribution is -2.54. The van der Waals surface area contributed by atoms with E-state index in [4.69, 9.17) is 0 Å². The Morgan fingerprint density at radius 3 is 2.38 bits per heavy atom. The molecule has 0 radical (unpaired) electrons. The fourth-order valence-corrected chi connectivity index (χ4v) is 2.70. The van der Waals surface area contributed by atoms with Crippen molar-refractivity contribution in [3.63, 3.8) is 0 Å². The lowest BCUT2D eigenvalue weighted by Gasteiger charge is -2.35. The highest BCUT2D eigenvalue weighted by atomic mass is 16.2. The molecule has 1 aromatic carbocycles. The molecular weight excluding hydrogens is 260 g/mol. The summed E-state index contributed by atoms with van der Waals surface area (Å²) in [5.41, 5.74) is 2.19. The highest BCUT2D eigenvalue weighted by molar-refractivity contribution is 5.94. The zero-order valence-corrected chi connectivity index (χ0v) is 13.9. The summed E-state index contributed by atoms with van der Waals surface area (Å²) in [5, 5.41) is 3.49. The molecule has 2 rings (SSSR count). The van der Waals surface area contributed by atoms with Gasteiger partial charge >= 0.3 is 0 Å². The second kappa shape index (κ2) is 6.18. The van der Waals surface area contributed by atoms with Crippen molar-refractivity contribution in [2.45, 2.75) is 46.1 Å². The van der Waals surface area contributed by atoms with Gasteiger partial charge in [-0.25, -0.2) is 0 Å². The van der Waals surface area contributed by atoms with Gasteiger partial charge in [0, 0.05) is 31.2 Å². The maximum Gasteiger partial charge on any atom is 0.253 e. The summed E-state index contributed by atoms with van der Waals surface area (Å²) in [6, 6.07) is 8.49. The Balaban J connectivity index is 2.09. The van der Waals surface area contributed by atoms with Gasteiger partial charge in [-0.2, -0.15) is 0 Å². The molecule has 3 nitrogen and oxygen atoms in total. The molecule has 21 heavy (non-hydrogen) atoms. The van der Waals surface area contributed by atoms with E-state index in [9.17, 15) is 4.79 Å². The molecule has 0 bridgehead atoms. The normalized spacial score (nSPS) is 19.9. The predicted molar refractivity (Wildman–Crippen MR) is 87.7 cm³/mol. The van der Waals surface area contributed by atoms with Crippen molar-refractivity contribution >= 4 is 5.91 Å². The molecular formula is C18H28N2O. The Bertz CT molecular complexity index is 485. The van der Waals surface area contributed by atoms with Crippen molar-refractivity contribution in [3.8, 4) is 0 Å². The Morgan fingerprint density at radius 2 is 1.86 bits per heavy atom. The van der Waals surface area contributed by atoms with Gasteiger partial charge in [-0.1, -0.05) is 46.8 Å². The number of nitrogens with one attached hydrogen (secondary N) is 1. The third kappa shape index (κ3) is 3.85. The maximum atomic E-state index is 12.6. The SMILES string of the molecule is CC(C)C1CN(C(=O)c2ccc(C(C)(C)C)cc2)CCN1. The lowest BCUT2D eigenvalue weighted by atomic mass is 9.86. The molecule has 0 saturated carbocycles. The summed E-state index contributed by atoms with van der Waals surface area (Å²) >= 11 is 0. The van der Waals surface area contributed by atoms with Crippen LogP contribution in [0.2, 0.25) is 0 Å². The Kier molecular flexibility index (Phi) is 4.72. The third-order valence-corrected chi connectivity index (χ3v) is 4.30. The molecule has 0 spiro atoms. The average Bonchev–Trinajstić information content (AvgIpc) is 2.46. The van der Waals surface area contributed by atoms with E-state index in [1.165, 1.54) is 5.56 Å². The van der Waals surface area contributed by atoms with Crippen LogP contribution in [0.5, 0.6) is 0 Å². The minimum atomic E-state index is 0.124. The highest BCUT2D eigenvalue weighted by Crippen LogP contribution is 2.22. The maximum absolute atomic E-state index is 12.6. The van der Waals surface area contributed by atoms with Crippen LogP contribution >= 0.6 is 0 Å². The largest absolute Gasteiger partial charge is 0.336 e. The summed E-state index contributed by atoms with van der Waals surface area (Å²) in [5.74, 6) is 0.700. The van der Waals surface area contributed by atoms with E-state index in [2.05, 4.69) is 52.1 Å². The van der Waals surface area contributed by atoms with Gasteiger partial charge in [0.25, 0.3) is 5.91 Å². The number of carbonyl (C=O) groups is 1. The number of benzene rings is 1. The number of hydrogen-bond acceptors (Lipinski definition) is 2. The molecule has 116 valence electrons. The molecule has 1 heterocycles. The van der Waals surface area contributed by atoms with Crippen LogP contribution in [0.4, 0.5) is 0 Å². The fraction of sp³-hybridized carbons (Fsp3) is 0.611. The molecule has 1 aliphatic rings. The second-order valence-corrected chi connectivity index (χ2v) is 7.38. The molecule has 1 saturated heterocycles. The molecule has 0 aromatic heterocycles. The molecule has 1 fully saturated rings. The molecule has 1 N–H and O–H groups in total. The summed E-state index contributed by atoms with van der Waals surface area (Å²) in [4.78, 5) is 14.6. The van der Waals surface area contributed by atoms with Gasteiger partial charge in [-0.15, -0.1) is 0 Å². The van der Waals surface area contributed by atoms with Gasteiger partial charge < -0.3 is 10.2 Å². The van der Waals surface area contributed by atoms with Crippen LogP contribution in [0.3, 0.4) is 0 Å². The molecule has 0 aliphatic carbocycles. The Labute approximate surface area is 128 Å². The van der Waals surface area contributed by atoms with Crippen LogP contribution in [-0.4, -0.2) is 36.5 Å². The quantitative estimate of drug-likeness (QED) is 0.907. The minimum absolute atomic E-state index is 0.124. The number of piperazine rings is 1. The number of carbonyl (C=O) groups excluding carboxylic acids is 1. The second-order valence-electron chi connectivity index (χ2n) is 7.38. The molecule has 1 aromatic rings. The van der Waals surface area contributed by atoms with Crippen LogP contribution < -0.4 is 5.32 Å².